The minimum atomic E-state index is 0.455. The van der Waals surface area contributed by atoms with Crippen molar-refractivity contribution >= 4 is 32.4 Å². The lowest BCUT2D eigenvalue weighted by Crippen LogP contribution is -2.28. The highest BCUT2D eigenvalue weighted by atomic mass is 79.9. The van der Waals surface area contributed by atoms with Crippen LogP contribution in [0.3, 0.4) is 0 Å². The van der Waals surface area contributed by atoms with Crippen molar-refractivity contribution < 1.29 is 0 Å². The zero-order chi connectivity index (χ0) is 10.7. The average Bonchev–Trinajstić information content (AvgIpc) is 2.63. The summed E-state index contributed by atoms with van der Waals surface area (Å²) >= 11 is 4.87. The van der Waals surface area contributed by atoms with E-state index in [0.29, 0.717) is 5.41 Å². The molecule has 0 spiro atoms. The van der Waals surface area contributed by atoms with E-state index in [9.17, 15) is 0 Å². The van der Waals surface area contributed by atoms with E-state index in [0.717, 1.165) is 15.6 Å². The number of hydrogen-bond acceptors (Lipinski definition) is 4. The van der Waals surface area contributed by atoms with Gasteiger partial charge in [-0.2, -0.15) is 0 Å². The molecule has 5 heteroatoms. The summed E-state index contributed by atoms with van der Waals surface area (Å²) in [4.78, 5) is 0. The molecule has 1 aliphatic carbocycles. The molecule has 1 aromatic rings. The standard InChI is InChI=1S/C10H16BrN3S/c1-10(5-3-2-4-6-10)7-12-9-14-13-8(11)15-9/h2-7H2,1H3,(H,12,14). The summed E-state index contributed by atoms with van der Waals surface area (Å²) in [6.07, 6.45) is 6.82. The second-order valence-electron chi connectivity index (χ2n) is 4.59. The predicted molar refractivity (Wildman–Crippen MR) is 67.3 cm³/mol. The predicted octanol–water partition coefficient (Wildman–Crippen LogP) is 3.68. The summed E-state index contributed by atoms with van der Waals surface area (Å²) in [5, 5.41) is 12.3. The van der Waals surface area contributed by atoms with Crippen LogP contribution in [-0.2, 0) is 0 Å². The molecule has 0 aliphatic heterocycles. The van der Waals surface area contributed by atoms with Gasteiger partial charge in [0.1, 0.15) is 0 Å². The van der Waals surface area contributed by atoms with Crippen LogP contribution in [0, 0.1) is 5.41 Å². The Hall–Kier alpha value is -0.160. The van der Waals surface area contributed by atoms with Crippen molar-refractivity contribution in [2.45, 2.75) is 39.0 Å². The Balaban J connectivity index is 1.86. The van der Waals surface area contributed by atoms with Crippen molar-refractivity contribution in [3.05, 3.63) is 3.92 Å². The van der Waals surface area contributed by atoms with E-state index in [1.165, 1.54) is 32.1 Å². The second-order valence-corrected chi connectivity index (χ2v) is 6.84. The van der Waals surface area contributed by atoms with Gasteiger partial charge in [0.15, 0.2) is 3.92 Å². The molecular weight excluding hydrogens is 274 g/mol. The van der Waals surface area contributed by atoms with Gasteiger partial charge >= 0.3 is 0 Å². The van der Waals surface area contributed by atoms with E-state index < -0.39 is 0 Å². The van der Waals surface area contributed by atoms with Gasteiger partial charge in [-0.1, -0.05) is 37.5 Å². The van der Waals surface area contributed by atoms with E-state index in [4.69, 9.17) is 0 Å². The monoisotopic (exact) mass is 289 g/mol. The van der Waals surface area contributed by atoms with Crippen LogP contribution in [0.5, 0.6) is 0 Å². The van der Waals surface area contributed by atoms with E-state index in [1.54, 1.807) is 11.3 Å². The third kappa shape index (κ3) is 3.14. The molecular formula is C10H16BrN3S. The number of nitrogens with one attached hydrogen (secondary N) is 1. The third-order valence-electron chi connectivity index (χ3n) is 3.13. The molecule has 1 saturated carbocycles. The molecule has 84 valence electrons. The first-order valence-electron chi connectivity index (χ1n) is 5.41. The Morgan fingerprint density at radius 1 is 1.33 bits per heavy atom. The maximum atomic E-state index is 4.04. The third-order valence-corrected chi connectivity index (χ3v) is 4.44. The maximum absolute atomic E-state index is 4.04. The normalized spacial score (nSPS) is 20.1. The fraction of sp³-hybridized carbons (Fsp3) is 0.800. The van der Waals surface area contributed by atoms with Crippen molar-refractivity contribution in [3.8, 4) is 0 Å². The highest BCUT2D eigenvalue weighted by Gasteiger charge is 2.26. The van der Waals surface area contributed by atoms with Crippen LogP contribution < -0.4 is 5.32 Å². The molecule has 0 aromatic carbocycles. The zero-order valence-electron chi connectivity index (χ0n) is 8.92. The lowest BCUT2D eigenvalue weighted by molar-refractivity contribution is 0.233. The lowest BCUT2D eigenvalue weighted by atomic mass is 9.76. The van der Waals surface area contributed by atoms with Gasteiger partial charge in [-0.05, 0) is 34.2 Å². The van der Waals surface area contributed by atoms with Crippen LogP contribution in [0.2, 0.25) is 0 Å². The summed E-state index contributed by atoms with van der Waals surface area (Å²) in [6, 6.07) is 0. The van der Waals surface area contributed by atoms with Crippen LogP contribution >= 0.6 is 27.3 Å². The summed E-state index contributed by atoms with van der Waals surface area (Å²) in [7, 11) is 0. The second kappa shape index (κ2) is 4.78. The zero-order valence-corrected chi connectivity index (χ0v) is 11.3. The molecule has 0 unspecified atom stereocenters. The van der Waals surface area contributed by atoms with Crippen LogP contribution in [0.15, 0.2) is 3.92 Å². The highest BCUT2D eigenvalue weighted by Crippen LogP contribution is 2.36. The summed E-state index contributed by atoms with van der Waals surface area (Å²) in [5.74, 6) is 0. The summed E-state index contributed by atoms with van der Waals surface area (Å²) in [5.41, 5.74) is 0.455. The Morgan fingerprint density at radius 2 is 2.07 bits per heavy atom. The molecule has 1 aromatic heterocycles. The van der Waals surface area contributed by atoms with E-state index in [-0.39, 0.29) is 0 Å². The first-order valence-corrected chi connectivity index (χ1v) is 7.02. The Kier molecular flexibility index (Phi) is 3.61. The number of hydrogen-bond donors (Lipinski definition) is 1. The molecule has 1 aliphatic rings. The van der Waals surface area contributed by atoms with Crippen LogP contribution in [0.1, 0.15) is 39.0 Å². The van der Waals surface area contributed by atoms with Crippen molar-refractivity contribution in [2.75, 3.05) is 11.9 Å². The topological polar surface area (TPSA) is 37.8 Å². The quantitative estimate of drug-likeness (QED) is 0.922. The first kappa shape index (κ1) is 11.3. The van der Waals surface area contributed by atoms with Crippen LogP contribution in [-0.4, -0.2) is 16.7 Å². The number of halogens is 1. The molecule has 0 atom stereocenters. The molecule has 0 radical (unpaired) electrons. The van der Waals surface area contributed by atoms with Gasteiger partial charge in [-0.15, -0.1) is 10.2 Å². The van der Waals surface area contributed by atoms with Gasteiger partial charge in [0.25, 0.3) is 0 Å². The van der Waals surface area contributed by atoms with E-state index in [2.05, 4.69) is 38.4 Å². The molecule has 1 heterocycles. The average molecular weight is 290 g/mol. The largest absolute Gasteiger partial charge is 0.360 e. The smallest absolute Gasteiger partial charge is 0.206 e. The van der Waals surface area contributed by atoms with Gasteiger partial charge < -0.3 is 5.32 Å². The molecule has 0 saturated heterocycles. The summed E-state index contributed by atoms with van der Waals surface area (Å²) < 4.78 is 0.846. The number of nitrogens with zero attached hydrogens (tertiary/aromatic N) is 2. The Bertz CT molecular complexity index is 320. The van der Waals surface area contributed by atoms with Crippen molar-refractivity contribution in [3.63, 3.8) is 0 Å². The fourth-order valence-corrected chi connectivity index (χ4v) is 3.15. The highest BCUT2D eigenvalue weighted by molar-refractivity contribution is 9.11. The van der Waals surface area contributed by atoms with Gasteiger partial charge in [0.2, 0.25) is 5.13 Å². The first-order chi connectivity index (χ1) is 7.18. The molecule has 0 bridgehead atoms. The van der Waals surface area contributed by atoms with Gasteiger partial charge in [0, 0.05) is 6.54 Å². The summed E-state index contributed by atoms with van der Waals surface area (Å²) in [6.45, 7) is 3.39. The minimum Gasteiger partial charge on any atom is -0.360 e. The number of rotatable bonds is 3. The maximum Gasteiger partial charge on any atom is 0.206 e. The number of anilines is 1. The molecule has 0 amide bonds. The van der Waals surface area contributed by atoms with Crippen molar-refractivity contribution in [1.29, 1.82) is 0 Å². The molecule has 1 fully saturated rings. The van der Waals surface area contributed by atoms with E-state index >= 15 is 0 Å². The molecule has 1 N–H and O–H groups in total. The Labute approximate surface area is 103 Å². The fourth-order valence-electron chi connectivity index (χ4n) is 2.15. The Morgan fingerprint density at radius 3 is 2.67 bits per heavy atom. The van der Waals surface area contributed by atoms with Crippen LogP contribution in [0.4, 0.5) is 5.13 Å². The van der Waals surface area contributed by atoms with E-state index in [1.807, 2.05) is 0 Å². The minimum absolute atomic E-state index is 0.455. The SMILES string of the molecule is CC1(CNc2nnc(Br)s2)CCCCC1. The number of aromatic nitrogens is 2. The lowest BCUT2D eigenvalue weighted by Gasteiger charge is -2.33. The van der Waals surface area contributed by atoms with Crippen molar-refractivity contribution in [1.82, 2.24) is 10.2 Å². The van der Waals surface area contributed by atoms with Gasteiger partial charge in [-0.3, -0.25) is 0 Å². The van der Waals surface area contributed by atoms with Crippen LogP contribution in [0.25, 0.3) is 0 Å². The molecule has 15 heavy (non-hydrogen) atoms. The van der Waals surface area contributed by atoms with Gasteiger partial charge in [0.05, 0.1) is 0 Å². The van der Waals surface area contributed by atoms with Gasteiger partial charge in [-0.25, -0.2) is 0 Å². The van der Waals surface area contributed by atoms with Crippen molar-refractivity contribution in [2.24, 2.45) is 5.41 Å². The molecule has 3 nitrogen and oxygen atoms in total. The molecule has 2 rings (SSSR count).